The molecule has 0 saturated carbocycles. The van der Waals surface area contributed by atoms with Gasteiger partial charge in [0.1, 0.15) is 0 Å². The second-order valence-electron chi connectivity index (χ2n) is 5.69. The number of rotatable bonds is 6. The highest BCUT2D eigenvalue weighted by atomic mass is 16.2. The molecule has 2 amide bonds. The Balaban J connectivity index is 2.38. The summed E-state index contributed by atoms with van der Waals surface area (Å²) in [4.78, 5) is 27.4. The van der Waals surface area contributed by atoms with Crippen LogP contribution in [0.15, 0.2) is 0 Å². The van der Waals surface area contributed by atoms with E-state index in [1.165, 1.54) is 4.90 Å². The van der Waals surface area contributed by atoms with Crippen molar-refractivity contribution in [3.63, 3.8) is 0 Å². The highest BCUT2D eigenvalue weighted by Gasteiger charge is 2.25. The maximum atomic E-state index is 12.2. The van der Waals surface area contributed by atoms with E-state index in [9.17, 15) is 9.59 Å². The molecule has 1 aliphatic heterocycles. The predicted octanol–water partition coefficient (Wildman–Crippen LogP) is -0.347. The molecule has 1 fully saturated rings. The number of nitrogens with zero attached hydrogens (tertiary/aromatic N) is 2. The Morgan fingerprint density at radius 2 is 2.10 bits per heavy atom. The second-order valence-corrected chi connectivity index (χ2v) is 5.69. The van der Waals surface area contributed by atoms with Gasteiger partial charge in [0.05, 0.1) is 13.1 Å². The molecule has 1 aliphatic rings. The van der Waals surface area contributed by atoms with E-state index >= 15 is 0 Å². The molecular weight excluding hydrogens is 256 g/mol. The van der Waals surface area contributed by atoms with Crippen molar-refractivity contribution in [1.82, 2.24) is 20.4 Å². The Bertz CT molecular complexity index is 335. The van der Waals surface area contributed by atoms with E-state index < -0.39 is 0 Å². The molecule has 2 atom stereocenters. The molecule has 2 N–H and O–H groups in total. The summed E-state index contributed by atoms with van der Waals surface area (Å²) >= 11 is 0. The molecule has 0 aromatic heterocycles. The fourth-order valence-corrected chi connectivity index (χ4v) is 2.24. The zero-order valence-electron chi connectivity index (χ0n) is 13.1. The van der Waals surface area contributed by atoms with Crippen LogP contribution in [0.25, 0.3) is 0 Å². The maximum Gasteiger partial charge on any atom is 0.239 e. The number of carbonyl (C=O) groups excluding carboxylic acids is 2. The van der Waals surface area contributed by atoms with Gasteiger partial charge in [0.15, 0.2) is 0 Å². The van der Waals surface area contributed by atoms with Crippen molar-refractivity contribution in [3.05, 3.63) is 0 Å². The molecule has 2 unspecified atom stereocenters. The minimum Gasteiger partial charge on any atom is -0.355 e. The van der Waals surface area contributed by atoms with Crippen LogP contribution in [0.2, 0.25) is 0 Å². The number of carbonyl (C=O) groups is 2. The van der Waals surface area contributed by atoms with Gasteiger partial charge in [-0.05, 0) is 20.3 Å². The van der Waals surface area contributed by atoms with Gasteiger partial charge in [-0.15, -0.1) is 0 Å². The van der Waals surface area contributed by atoms with Crippen molar-refractivity contribution < 1.29 is 9.59 Å². The molecule has 0 radical (unpaired) electrons. The van der Waals surface area contributed by atoms with Gasteiger partial charge in [0.2, 0.25) is 11.8 Å². The van der Waals surface area contributed by atoms with Gasteiger partial charge in [-0.3, -0.25) is 14.5 Å². The zero-order valence-corrected chi connectivity index (χ0v) is 13.1. The lowest BCUT2D eigenvalue weighted by Crippen LogP contribution is -2.56. The highest BCUT2D eigenvalue weighted by molar-refractivity contribution is 5.85. The third-order valence-corrected chi connectivity index (χ3v) is 3.61. The molecule has 0 spiro atoms. The number of piperazine rings is 1. The predicted molar refractivity (Wildman–Crippen MR) is 79.4 cm³/mol. The minimum atomic E-state index is -0.0931. The van der Waals surface area contributed by atoms with E-state index in [1.54, 1.807) is 7.05 Å². The van der Waals surface area contributed by atoms with Gasteiger partial charge >= 0.3 is 0 Å². The average molecular weight is 284 g/mol. The van der Waals surface area contributed by atoms with Gasteiger partial charge < -0.3 is 15.5 Å². The molecule has 0 aliphatic carbocycles. The first-order valence-corrected chi connectivity index (χ1v) is 7.42. The average Bonchev–Trinajstić information content (AvgIpc) is 2.40. The molecule has 1 heterocycles. The largest absolute Gasteiger partial charge is 0.355 e. The quantitative estimate of drug-likeness (QED) is 0.700. The van der Waals surface area contributed by atoms with Crippen molar-refractivity contribution in [2.24, 2.45) is 0 Å². The first kappa shape index (κ1) is 16.9. The minimum absolute atomic E-state index is 0.00222. The summed E-state index contributed by atoms with van der Waals surface area (Å²) in [5.41, 5.74) is 0. The van der Waals surface area contributed by atoms with Crippen molar-refractivity contribution >= 4 is 11.8 Å². The lowest BCUT2D eigenvalue weighted by Gasteiger charge is -2.37. The van der Waals surface area contributed by atoms with Gasteiger partial charge in [-0.25, -0.2) is 0 Å². The smallest absolute Gasteiger partial charge is 0.239 e. The summed E-state index contributed by atoms with van der Waals surface area (Å²) in [5, 5.41) is 6.17. The number of likely N-dealkylation sites (N-methyl/N-ethyl adjacent to an activating group) is 1. The SMILES string of the molecule is CCCNC(=O)CN(C)C(=O)CN1CC(C)NCC1C. The lowest BCUT2D eigenvalue weighted by molar-refractivity contribution is -0.136. The molecule has 6 heteroatoms. The molecule has 0 aromatic rings. The van der Waals surface area contributed by atoms with E-state index in [2.05, 4.69) is 29.4 Å². The van der Waals surface area contributed by atoms with Crippen molar-refractivity contribution in [2.75, 3.05) is 39.8 Å². The number of nitrogens with one attached hydrogen (secondary N) is 2. The second kappa shape index (κ2) is 8.21. The topological polar surface area (TPSA) is 64.7 Å². The number of amides is 2. The van der Waals surface area contributed by atoms with Crippen LogP contribution in [0, 0.1) is 0 Å². The normalized spacial score (nSPS) is 23.4. The Morgan fingerprint density at radius 3 is 2.75 bits per heavy atom. The first-order chi connectivity index (χ1) is 9.43. The molecular formula is C14H28N4O2. The fraction of sp³-hybridized carbons (Fsp3) is 0.857. The van der Waals surface area contributed by atoms with E-state index in [4.69, 9.17) is 0 Å². The maximum absolute atomic E-state index is 12.2. The molecule has 1 rings (SSSR count). The summed E-state index contributed by atoms with van der Waals surface area (Å²) in [6, 6.07) is 0.745. The van der Waals surface area contributed by atoms with Gasteiger partial charge in [-0.1, -0.05) is 6.92 Å². The summed E-state index contributed by atoms with van der Waals surface area (Å²) in [6.07, 6.45) is 0.902. The molecule has 0 bridgehead atoms. The summed E-state index contributed by atoms with van der Waals surface area (Å²) in [6.45, 7) is 9.16. The van der Waals surface area contributed by atoms with E-state index in [0.717, 1.165) is 19.5 Å². The van der Waals surface area contributed by atoms with Crippen LogP contribution >= 0.6 is 0 Å². The van der Waals surface area contributed by atoms with Crippen LogP contribution in [0.3, 0.4) is 0 Å². The van der Waals surface area contributed by atoms with E-state index in [-0.39, 0.29) is 18.4 Å². The van der Waals surface area contributed by atoms with Gasteiger partial charge in [-0.2, -0.15) is 0 Å². The monoisotopic (exact) mass is 284 g/mol. The summed E-state index contributed by atoms with van der Waals surface area (Å²) in [7, 11) is 1.68. The molecule has 1 saturated heterocycles. The van der Waals surface area contributed by atoms with Crippen LogP contribution in [0.1, 0.15) is 27.2 Å². The van der Waals surface area contributed by atoms with Crippen molar-refractivity contribution in [3.8, 4) is 0 Å². The Hall–Kier alpha value is -1.14. The summed E-state index contributed by atoms with van der Waals surface area (Å²) < 4.78 is 0. The number of hydrogen-bond acceptors (Lipinski definition) is 4. The lowest BCUT2D eigenvalue weighted by atomic mass is 10.1. The molecule has 116 valence electrons. The van der Waals surface area contributed by atoms with Crippen LogP contribution in [0.5, 0.6) is 0 Å². The van der Waals surface area contributed by atoms with E-state index in [0.29, 0.717) is 25.2 Å². The molecule has 6 nitrogen and oxygen atoms in total. The van der Waals surface area contributed by atoms with Gasteiger partial charge in [0, 0.05) is 38.8 Å². The third-order valence-electron chi connectivity index (χ3n) is 3.61. The molecule has 20 heavy (non-hydrogen) atoms. The fourth-order valence-electron chi connectivity index (χ4n) is 2.24. The zero-order chi connectivity index (χ0) is 15.1. The Kier molecular flexibility index (Phi) is 6.95. The number of hydrogen-bond donors (Lipinski definition) is 2. The highest BCUT2D eigenvalue weighted by Crippen LogP contribution is 2.06. The standard InChI is InChI=1S/C14H28N4O2/c1-5-6-15-13(19)9-17(4)14(20)10-18-8-11(2)16-7-12(18)3/h11-12,16H,5-10H2,1-4H3,(H,15,19). The van der Waals surface area contributed by atoms with Crippen molar-refractivity contribution in [1.29, 1.82) is 0 Å². The van der Waals surface area contributed by atoms with Crippen LogP contribution in [-0.2, 0) is 9.59 Å². The van der Waals surface area contributed by atoms with E-state index in [1.807, 2.05) is 6.92 Å². The van der Waals surface area contributed by atoms with Gasteiger partial charge in [0.25, 0.3) is 0 Å². The first-order valence-electron chi connectivity index (χ1n) is 7.42. The summed E-state index contributed by atoms with van der Waals surface area (Å²) in [5.74, 6) is -0.0953. The van der Waals surface area contributed by atoms with Crippen LogP contribution in [-0.4, -0.2) is 73.5 Å². The molecule has 0 aromatic carbocycles. The Morgan fingerprint density at radius 1 is 1.40 bits per heavy atom. The van der Waals surface area contributed by atoms with Crippen LogP contribution < -0.4 is 10.6 Å². The van der Waals surface area contributed by atoms with Crippen LogP contribution in [0.4, 0.5) is 0 Å². The van der Waals surface area contributed by atoms with Crippen molar-refractivity contribution in [2.45, 2.75) is 39.3 Å². The third kappa shape index (κ3) is 5.46. The Labute approximate surface area is 121 Å².